The number of hydrogen-bond donors (Lipinski definition) is 1. The van der Waals surface area contributed by atoms with Gasteiger partial charge in [-0.15, -0.1) is 0 Å². The monoisotopic (exact) mass is 357 g/mol. The van der Waals surface area contributed by atoms with E-state index in [1.54, 1.807) is 0 Å². The molecule has 0 saturated carbocycles. The van der Waals surface area contributed by atoms with Crippen molar-refractivity contribution in [3.63, 3.8) is 0 Å². The van der Waals surface area contributed by atoms with Gasteiger partial charge in [0.25, 0.3) is 6.43 Å². The Hall–Kier alpha value is -0.560. The van der Waals surface area contributed by atoms with Gasteiger partial charge in [-0.05, 0) is 27.6 Å². The van der Waals surface area contributed by atoms with Gasteiger partial charge < -0.3 is 5.11 Å². The molecular formula is C9H7Br2F2NO2. The van der Waals surface area contributed by atoms with E-state index in [1.165, 1.54) is 6.07 Å². The molecule has 3 nitrogen and oxygen atoms in total. The van der Waals surface area contributed by atoms with Crippen LogP contribution in [-0.2, 0) is 16.5 Å². The molecule has 0 radical (unpaired) electrons. The van der Waals surface area contributed by atoms with E-state index < -0.39 is 18.1 Å². The summed E-state index contributed by atoms with van der Waals surface area (Å²) in [7, 11) is 0. The first-order chi connectivity index (χ1) is 7.45. The normalized spacial score (nSPS) is 10.8. The highest BCUT2D eigenvalue weighted by atomic mass is 79.9. The van der Waals surface area contributed by atoms with E-state index in [0.29, 0.717) is 15.4 Å². The fourth-order valence-corrected chi connectivity index (χ4v) is 2.44. The van der Waals surface area contributed by atoms with Crippen molar-refractivity contribution in [2.75, 3.05) is 0 Å². The highest BCUT2D eigenvalue weighted by Gasteiger charge is 2.17. The highest BCUT2D eigenvalue weighted by Crippen LogP contribution is 2.27. The predicted molar refractivity (Wildman–Crippen MR) is 60.9 cm³/mol. The number of halogens is 4. The third-order valence-corrected chi connectivity index (χ3v) is 3.38. The zero-order valence-electron chi connectivity index (χ0n) is 7.88. The van der Waals surface area contributed by atoms with Crippen LogP contribution in [0.3, 0.4) is 0 Å². The zero-order chi connectivity index (χ0) is 12.3. The molecule has 0 bridgehead atoms. The van der Waals surface area contributed by atoms with Crippen LogP contribution >= 0.6 is 31.9 Å². The number of alkyl halides is 3. The zero-order valence-corrected chi connectivity index (χ0v) is 11.1. The quantitative estimate of drug-likeness (QED) is 0.840. The number of aliphatic carboxylic acids is 1. The van der Waals surface area contributed by atoms with Crippen LogP contribution in [0.15, 0.2) is 10.5 Å². The lowest BCUT2D eigenvalue weighted by molar-refractivity contribution is -0.136. The van der Waals surface area contributed by atoms with Crippen LogP contribution in [0.2, 0.25) is 0 Å². The molecule has 7 heteroatoms. The lowest BCUT2D eigenvalue weighted by Gasteiger charge is -2.09. The number of carbonyl (C=O) groups is 1. The molecule has 0 aliphatic rings. The number of carboxylic acid groups (broad SMARTS) is 1. The van der Waals surface area contributed by atoms with Gasteiger partial charge in [0.1, 0.15) is 5.69 Å². The summed E-state index contributed by atoms with van der Waals surface area (Å²) in [6.45, 7) is 0. The first-order valence-corrected chi connectivity index (χ1v) is 6.11. The fourth-order valence-electron chi connectivity index (χ4n) is 1.13. The van der Waals surface area contributed by atoms with Crippen LogP contribution in [0, 0.1) is 0 Å². The molecule has 0 aromatic carbocycles. The number of rotatable bonds is 4. The molecule has 1 N–H and O–H groups in total. The minimum absolute atomic E-state index is 0.111. The average molecular weight is 359 g/mol. The molecule has 0 aliphatic heterocycles. The Morgan fingerprint density at radius 3 is 2.62 bits per heavy atom. The Kier molecular flexibility index (Phi) is 4.79. The molecule has 1 heterocycles. The van der Waals surface area contributed by atoms with Crippen molar-refractivity contribution in [1.82, 2.24) is 4.98 Å². The van der Waals surface area contributed by atoms with Gasteiger partial charge in [0, 0.05) is 9.80 Å². The van der Waals surface area contributed by atoms with Crippen molar-refractivity contribution in [2.24, 2.45) is 0 Å². The second-order valence-electron chi connectivity index (χ2n) is 2.97. The third-order valence-electron chi connectivity index (χ3n) is 1.81. The number of aromatic nitrogens is 1. The summed E-state index contributed by atoms with van der Waals surface area (Å²) in [5.41, 5.74) is 0.259. The van der Waals surface area contributed by atoms with Crippen molar-refractivity contribution < 1.29 is 18.7 Å². The van der Waals surface area contributed by atoms with Gasteiger partial charge in [-0.2, -0.15) is 0 Å². The molecular weight excluding hydrogens is 352 g/mol. The molecule has 16 heavy (non-hydrogen) atoms. The van der Waals surface area contributed by atoms with Crippen LogP contribution in [-0.4, -0.2) is 16.1 Å². The Labute approximate surface area is 107 Å². The topological polar surface area (TPSA) is 50.2 Å². The lowest BCUT2D eigenvalue weighted by atomic mass is 10.2. The fraction of sp³-hybridized carbons (Fsp3) is 0.333. The summed E-state index contributed by atoms with van der Waals surface area (Å²) in [5.74, 6) is -1.11. The Bertz CT molecular complexity index is 413. The van der Waals surface area contributed by atoms with Gasteiger partial charge in [-0.1, -0.05) is 15.9 Å². The van der Waals surface area contributed by atoms with Gasteiger partial charge in [-0.3, -0.25) is 9.78 Å². The summed E-state index contributed by atoms with van der Waals surface area (Å²) < 4.78 is 25.4. The average Bonchev–Trinajstić information content (AvgIpc) is 2.20. The number of pyridine rings is 1. The van der Waals surface area contributed by atoms with E-state index in [9.17, 15) is 13.6 Å². The van der Waals surface area contributed by atoms with E-state index in [0.717, 1.165) is 0 Å². The Balaban J connectivity index is 3.24. The van der Waals surface area contributed by atoms with Crippen LogP contribution in [0.4, 0.5) is 8.78 Å². The second-order valence-corrected chi connectivity index (χ2v) is 4.33. The standard InChI is InChI=1S/C9H7Br2F2NO2/c10-3-4-1-6(9(12)13)14-5(8(4)11)2-7(15)16/h1,9H,2-3H2,(H,15,16). The second kappa shape index (κ2) is 5.67. The Morgan fingerprint density at radius 2 is 2.19 bits per heavy atom. The first-order valence-electron chi connectivity index (χ1n) is 4.19. The highest BCUT2D eigenvalue weighted by molar-refractivity contribution is 9.10. The van der Waals surface area contributed by atoms with Crippen molar-refractivity contribution in [3.8, 4) is 0 Å². The molecule has 0 amide bonds. The molecule has 0 saturated heterocycles. The molecule has 1 aromatic rings. The lowest BCUT2D eigenvalue weighted by Crippen LogP contribution is -2.07. The van der Waals surface area contributed by atoms with E-state index in [1.807, 2.05) is 0 Å². The van der Waals surface area contributed by atoms with Gasteiger partial charge in [0.15, 0.2) is 0 Å². The SMILES string of the molecule is O=C(O)Cc1nc(C(F)F)cc(CBr)c1Br. The van der Waals surface area contributed by atoms with E-state index in [-0.39, 0.29) is 12.1 Å². The van der Waals surface area contributed by atoms with Crippen LogP contribution < -0.4 is 0 Å². The van der Waals surface area contributed by atoms with Crippen molar-refractivity contribution in [3.05, 3.63) is 27.5 Å². The number of hydrogen-bond acceptors (Lipinski definition) is 2. The van der Waals surface area contributed by atoms with Crippen LogP contribution in [0.25, 0.3) is 0 Å². The molecule has 0 atom stereocenters. The molecule has 0 fully saturated rings. The molecule has 0 aliphatic carbocycles. The maximum Gasteiger partial charge on any atom is 0.309 e. The number of carboxylic acids is 1. The molecule has 1 rings (SSSR count). The molecule has 0 unspecified atom stereocenters. The van der Waals surface area contributed by atoms with Crippen molar-refractivity contribution >= 4 is 37.8 Å². The van der Waals surface area contributed by atoms with E-state index in [2.05, 4.69) is 36.8 Å². The third kappa shape index (κ3) is 3.21. The van der Waals surface area contributed by atoms with Crippen molar-refractivity contribution in [2.45, 2.75) is 18.2 Å². The van der Waals surface area contributed by atoms with Crippen LogP contribution in [0.1, 0.15) is 23.4 Å². The van der Waals surface area contributed by atoms with Gasteiger partial charge in [-0.25, -0.2) is 8.78 Å². The largest absolute Gasteiger partial charge is 0.481 e. The summed E-state index contributed by atoms with van der Waals surface area (Å²) in [5, 5.41) is 8.97. The predicted octanol–water partition coefficient (Wildman–Crippen LogP) is 3.30. The first kappa shape index (κ1) is 13.5. The van der Waals surface area contributed by atoms with Gasteiger partial charge >= 0.3 is 5.97 Å². The van der Waals surface area contributed by atoms with Crippen molar-refractivity contribution in [1.29, 1.82) is 0 Å². The summed E-state index contributed by atoms with van der Waals surface area (Å²) in [4.78, 5) is 14.2. The maximum absolute atomic E-state index is 12.5. The van der Waals surface area contributed by atoms with Gasteiger partial charge in [0.2, 0.25) is 0 Å². The Morgan fingerprint density at radius 1 is 1.56 bits per heavy atom. The smallest absolute Gasteiger partial charge is 0.309 e. The van der Waals surface area contributed by atoms with E-state index >= 15 is 0 Å². The van der Waals surface area contributed by atoms with E-state index in [4.69, 9.17) is 5.11 Å². The maximum atomic E-state index is 12.5. The summed E-state index contributed by atoms with van der Waals surface area (Å²) in [6, 6.07) is 1.24. The van der Waals surface area contributed by atoms with Crippen LogP contribution in [0.5, 0.6) is 0 Å². The molecule has 88 valence electrons. The summed E-state index contributed by atoms with van der Waals surface area (Å²) in [6.07, 6.45) is -3.10. The minimum atomic E-state index is -2.71. The molecule has 0 spiro atoms. The molecule has 1 aromatic heterocycles. The minimum Gasteiger partial charge on any atom is -0.481 e. The van der Waals surface area contributed by atoms with Gasteiger partial charge in [0.05, 0.1) is 12.1 Å². The number of nitrogens with zero attached hydrogens (tertiary/aromatic N) is 1. The summed E-state index contributed by atoms with van der Waals surface area (Å²) >= 11 is 6.29.